The number of anilines is 2. The molecular formula is C14H13F3N2. The van der Waals surface area contributed by atoms with Crippen molar-refractivity contribution in [2.24, 2.45) is 0 Å². The number of alkyl halides is 3. The van der Waals surface area contributed by atoms with Crippen LogP contribution in [0.2, 0.25) is 0 Å². The molecule has 0 atom stereocenters. The van der Waals surface area contributed by atoms with Crippen LogP contribution in [0.1, 0.15) is 5.56 Å². The van der Waals surface area contributed by atoms with Crippen LogP contribution in [-0.4, -0.2) is 6.18 Å². The minimum Gasteiger partial charge on any atom is -0.399 e. The molecular weight excluding hydrogens is 253 g/mol. The number of hydrogen-bond donors (Lipinski definition) is 2. The summed E-state index contributed by atoms with van der Waals surface area (Å²) in [5.74, 6) is 0. The van der Waals surface area contributed by atoms with Gasteiger partial charge >= 0.3 is 6.18 Å². The Kier molecular flexibility index (Phi) is 3.38. The second-order valence-electron chi connectivity index (χ2n) is 4.33. The maximum atomic E-state index is 12.6. The minimum atomic E-state index is -4.27. The van der Waals surface area contributed by atoms with Crippen molar-refractivity contribution in [1.82, 2.24) is 0 Å². The molecule has 0 bridgehead atoms. The van der Waals surface area contributed by atoms with E-state index in [1.165, 1.54) is 6.07 Å². The van der Waals surface area contributed by atoms with Crippen molar-refractivity contribution >= 4 is 11.4 Å². The first kappa shape index (κ1) is 13.3. The number of nitrogen functional groups attached to an aromatic ring is 2. The molecule has 0 aliphatic carbocycles. The fourth-order valence-electron chi connectivity index (χ4n) is 1.92. The molecule has 0 fully saturated rings. The molecule has 0 radical (unpaired) electrons. The Morgan fingerprint density at radius 1 is 0.842 bits per heavy atom. The van der Waals surface area contributed by atoms with Crippen LogP contribution < -0.4 is 11.5 Å². The van der Waals surface area contributed by atoms with Gasteiger partial charge in [-0.3, -0.25) is 0 Å². The molecule has 0 heterocycles. The summed E-state index contributed by atoms with van der Waals surface area (Å²) in [5, 5.41) is 0. The van der Waals surface area contributed by atoms with Crippen LogP contribution in [0.3, 0.4) is 0 Å². The monoisotopic (exact) mass is 266 g/mol. The molecule has 0 saturated carbocycles. The quantitative estimate of drug-likeness (QED) is 0.815. The normalized spacial score (nSPS) is 11.5. The standard InChI is InChI=1S/C14H13F3N2/c15-14(16,17)8-10-7-12(19)5-6-13(10)9-1-3-11(18)4-2-9/h1-7H,8,18-19H2. The second kappa shape index (κ2) is 4.84. The van der Waals surface area contributed by atoms with E-state index in [-0.39, 0.29) is 5.56 Å². The largest absolute Gasteiger partial charge is 0.399 e. The van der Waals surface area contributed by atoms with Crippen molar-refractivity contribution in [3.05, 3.63) is 48.0 Å². The highest BCUT2D eigenvalue weighted by Gasteiger charge is 2.29. The van der Waals surface area contributed by atoms with E-state index < -0.39 is 12.6 Å². The Bertz CT molecular complexity index is 574. The smallest absolute Gasteiger partial charge is 0.393 e. The molecule has 0 aromatic heterocycles. The zero-order valence-electron chi connectivity index (χ0n) is 10.0. The first-order valence-corrected chi connectivity index (χ1v) is 5.66. The Labute approximate surface area is 108 Å². The Morgan fingerprint density at radius 2 is 1.42 bits per heavy atom. The number of rotatable bonds is 2. The summed E-state index contributed by atoms with van der Waals surface area (Å²) in [6, 6.07) is 11.3. The van der Waals surface area contributed by atoms with Gasteiger partial charge in [0.05, 0.1) is 6.42 Å². The summed E-state index contributed by atoms with van der Waals surface area (Å²) in [4.78, 5) is 0. The van der Waals surface area contributed by atoms with E-state index in [4.69, 9.17) is 11.5 Å². The van der Waals surface area contributed by atoms with Crippen molar-refractivity contribution < 1.29 is 13.2 Å². The zero-order chi connectivity index (χ0) is 14.0. The van der Waals surface area contributed by atoms with Gasteiger partial charge in [-0.05, 0) is 41.0 Å². The van der Waals surface area contributed by atoms with E-state index >= 15 is 0 Å². The number of benzene rings is 2. The molecule has 0 spiro atoms. The van der Waals surface area contributed by atoms with Crippen molar-refractivity contribution in [1.29, 1.82) is 0 Å². The van der Waals surface area contributed by atoms with Crippen molar-refractivity contribution in [3.63, 3.8) is 0 Å². The van der Waals surface area contributed by atoms with Gasteiger partial charge in [-0.2, -0.15) is 13.2 Å². The lowest BCUT2D eigenvalue weighted by Crippen LogP contribution is -2.12. The van der Waals surface area contributed by atoms with Crippen LogP contribution in [0.25, 0.3) is 11.1 Å². The van der Waals surface area contributed by atoms with E-state index in [1.807, 2.05) is 0 Å². The zero-order valence-corrected chi connectivity index (χ0v) is 10.0. The molecule has 0 saturated heterocycles. The maximum Gasteiger partial charge on any atom is 0.393 e. The second-order valence-corrected chi connectivity index (χ2v) is 4.33. The molecule has 0 aliphatic heterocycles. The van der Waals surface area contributed by atoms with Crippen molar-refractivity contribution in [2.45, 2.75) is 12.6 Å². The highest BCUT2D eigenvalue weighted by atomic mass is 19.4. The molecule has 2 rings (SSSR count). The predicted molar refractivity (Wildman–Crippen MR) is 70.5 cm³/mol. The van der Waals surface area contributed by atoms with Crippen LogP contribution >= 0.6 is 0 Å². The van der Waals surface area contributed by atoms with Gasteiger partial charge in [0.1, 0.15) is 0 Å². The topological polar surface area (TPSA) is 52.0 Å². The molecule has 5 heteroatoms. The molecule has 4 N–H and O–H groups in total. The van der Waals surface area contributed by atoms with Gasteiger partial charge in [-0.15, -0.1) is 0 Å². The summed E-state index contributed by atoms with van der Waals surface area (Å²) in [6.45, 7) is 0. The fourth-order valence-corrected chi connectivity index (χ4v) is 1.92. The Hall–Kier alpha value is -2.17. The van der Waals surface area contributed by atoms with Crippen LogP contribution in [0, 0.1) is 0 Å². The maximum absolute atomic E-state index is 12.6. The summed E-state index contributed by atoms with van der Waals surface area (Å²) in [5.41, 5.74) is 13.4. The number of halogens is 3. The number of nitrogens with two attached hydrogens (primary N) is 2. The van der Waals surface area contributed by atoms with E-state index in [0.29, 0.717) is 22.5 Å². The van der Waals surface area contributed by atoms with Gasteiger partial charge in [-0.1, -0.05) is 18.2 Å². The van der Waals surface area contributed by atoms with Gasteiger partial charge in [0, 0.05) is 11.4 Å². The molecule has 100 valence electrons. The molecule has 2 aromatic rings. The van der Waals surface area contributed by atoms with E-state index in [9.17, 15) is 13.2 Å². The third-order valence-electron chi connectivity index (χ3n) is 2.74. The highest BCUT2D eigenvalue weighted by molar-refractivity contribution is 5.71. The summed E-state index contributed by atoms with van der Waals surface area (Å²) in [7, 11) is 0. The predicted octanol–water partition coefficient (Wildman–Crippen LogP) is 3.62. The van der Waals surface area contributed by atoms with E-state index in [2.05, 4.69) is 0 Å². The molecule has 2 nitrogen and oxygen atoms in total. The fraction of sp³-hybridized carbons (Fsp3) is 0.143. The lowest BCUT2D eigenvalue weighted by molar-refractivity contribution is -0.127. The van der Waals surface area contributed by atoms with Gasteiger partial charge < -0.3 is 11.5 Å². The van der Waals surface area contributed by atoms with Crippen LogP contribution in [0.15, 0.2) is 42.5 Å². The van der Waals surface area contributed by atoms with Crippen LogP contribution in [0.4, 0.5) is 24.5 Å². The van der Waals surface area contributed by atoms with Crippen molar-refractivity contribution in [2.75, 3.05) is 11.5 Å². The van der Waals surface area contributed by atoms with Crippen molar-refractivity contribution in [3.8, 4) is 11.1 Å². The molecule has 0 amide bonds. The SMILES string of the molecule is Nc1ccc(-c2ccc(N)cc2CC(F)(F)F)cc1. The lowest BCUT2D eigenvalue weighted by atomic mass is 9.97. The summed E-state index contributed by atoms with van der Waals surface area (Å²) >= 11 is 0. The summed E-state index contributed by atoms with van der Waals surface area (Å²) in [6.07, 6.45) is -5.27. The lowest BCUT2D eigenvalue weighted by Gasteiger charge is -2.13. The van der Waals surface area contributed by atoms with Crippen LogP contribution in [0.5, 0.6) is 0 Å². The van der Waals surface area contributed by atoms with Gasteiger partial charge in [0.25, 0.3) is 0 Å². The summed E-state index contributed by atoms with van der Waals surface area (Å²) < 4.78 is 37.7. The molecule has 19 heavy (non-hydrogen) atoms. The average molecular weight is 266 g/mol. The first-order chi connectivity index (χ1) is 8.85. The molecule has 0 unspecified atom stereocenters. The van der Waals surface area contributed by atoms with Gasteiger partial charge in [0.2, 0.25) is 0 Å². The van der Waals surface area contributed by atoms with Crippen LogP contribution in [-0.2, 0) is 6.42 Å². The van der Waals surface area contributed by atoms with Gasteiger partial charge in [-0.25, -0.2) is 0 Å². The minimum absolute atomic E-state index is 0.164. The number of hydrogen-bond acceptors (Lipinski definition) is 2. The molecule has 2 aromatic carbocycles. The molecule has 0 aliphatic rings. The first-order valence-electron chi connectivity index (χ1n) is 5.66. The van der Waals surface area contributed by atoms with E-state index in [1.54, 1.807) is 36.4 Å². The Balaban J connectivity index is 2.47. The average Bonchev–Trinajstić information content (AvgIpc) is 2.29. The van der Waals surface area contributed by atoms with E-state index in [0.717, 1.165) is 0 Å². The third kappa shape index (κ3) is 3.40. The van der Waals surface area contributed by atoms with Gasteiger partial charge in [0.15, 0.2) is 0 Å². The highest BCUT2D eigenvalue weighted by Crippen LogP contribution is 2.31. The third-order valence-corrected chi connectivity index (χ3v) is 2.74. The Morgan fingerprint density at radius 3 is 2.00 bits per heavy atom.